The molecule has 0 amide bonds. The first kappa shape index (κ1) is 20.9. The Labute approximate surface area is 161 Å². The van der Waals surface area contributed by atoms with E-state index in [0.29, 0.717) is 11.3 Å². The molecule has 148 valence electrons. The van der Waals surface area contributed by atoms with Gasteiger partial charge in [-0.15, -0.1) is 11.3 Å². The van der Waals surface area contributed by atoms with Gasteiger partial charge < -0.3 is 9.47 Å². The molecule has 11 heteroatoms. The molecule has 2 heterocycles. The number of nitrogens with zero attached hydrogens (tertiary/aromatic N) is 1. The minimum Gasteiger partial charge on any atom is -0.465 e. The van der Waals surface area contributed by atoms with Crippen LogP contribution < -0.4 is 4.72 Å². The normalized spacial score (nSPS) is 12.4. The molecule has 0 fully saturated rings. The summed E-state index contributed by atoms with van der Waals surface area (Å²) in [5.41, 5.74) is 0.795. The average Bonchev–Trinajstić information content (AvgIpc) is 3.27. The summed E-state index contributed by atoms with van der Waals surface area (Å²) in [6, 6.07) is 2.68. The van der Waals surface area contributed by atoms with Crippen LogP contribution in [0.3, 0.4) is 0 Å². The Kier molecular flexibility index (Phi) is 6.60. The van der Waals surface area contributed by atoms with Crippen molar-refractivity contribution >= 4 is 39.1 Å². The van der Waals surface area contributed by atoms with Crippen LogP contribution in [0.1, 0.15) is 57.6 Å². The highest BCUT2D eigenvalue weighted by atomic mass is 32.2. The Hall–Kier alpha value is -2.40. The highest BCUT2D eigenvalue weighted by molar-refractivity contribution is 7.93. The highest BCUT2D eigenvalue weighted by Crippen LogP contribution is 2.30. The van der Waals surface area contributed by atoms with Crippen LogP contribution in [0.2, 0.25) is 0 Å². The second-order valence-electron chi connectivity index (χ2n) is 5.79. The van der Waals surface area contributed by atoms with Gasteiger partial charge in [-0.2, -0.15) is 5.10 Å². The van der Waals surface area contributed by atoms with Crippen molar-refractivity contribution in [1.82, 2.24) is 10.2 Å². The highest BCUT2D eigenvalue weighted by Gasteiger charge is 2.29. The first-order valence-corrected chi connectivity index (χ1v) is 10.4. The number of aromatic nitrogens is 2. The van der Waals surface area contributed by atoms with E-state index in [0.717, 1.165) is 38.8 Å². The standard InChI is InChI=1S/C16H21N3O6S2/c1-5-6-9(2)10-7-13(18-17-10)19-27(22,23)12-8-11(15(20)24-3)26-14(12)16(21)25-4/h7-9H,5-6H2,1-4H3,(H2,17,18,19). The molecule has 0 saturated carbocycles. The Morgan fingerprint density at radius 2 is 1.93 bits per heavy atom. The summed E-state index contributed by atoms with van der Waals surface area (Å²) in [6.45, 7) is 4.06. The van der Waals surface area contributed by atoms with E-state index in [1.54, 1.807) is 6.07 Å². The lowest BCUT2D eigenvalue weighted by Crippen LogP contribution is -2.16. The predicted molar refractivity (Wildman–Crippen MR) is 99.7 cm³/mol. The number of nitrogens with one attached hydrogen (secondary N) is 2. The summed E-state index contributed by atoms with van der Waals surface area (Å²) >= 11 is 0.683. The number of aromatic amines is 1. The third-order valence-electron chi connectivity index (χ3n) is 3.83. The molecular weight excluding hydrogens is 394 g/mol. The van der Waals surface area contributed by atoms with Gasteiger partial charge >= 0.3 is 11.9 Å². The molecule has 1 atom stereocenters. The van der Waals surface area contributed by atoms with Crippen LogP contribution in [0.15, 0.2) is 17.0 Å². The quantitative estimate of drug-likeness (QED) is 0.635. The van der Waals surface area contributed by atoms with Crippen molar-refractivity contribution in [1.29, 1.82) is 0 Å². The van der Waals surface area contributed by atoms with Gasteiger partial charge in [0, 0.05) is 11.8 Å². The van der Waals surface area contributed by atoms with Crippen LogP contribution in [0.5, 0.6) is 0 Å². The van der Waals surface area contributed by atoms with Crippen LogP contribution in [-0.2, 0) is 19.5 Å². The number of esters is 2. The number of hydrogen-bond donors (Lipinski definition) is 2. The zero-order valence-corrected chi connectivity index (χ0v) is 17.0. The molecular formula is C16H21N3O6S2. The predicted octanol–water partition coefficient (Wildman–Crippen LogP) is 2.75. The van der Waals surface area contributed by atoms with Gasteiger partial charge in [0.25, 0.3) is 10.0 Å². The number of sulfonamides is 1. The molecule has 0 spiro atoms. The van der Waals surface area contributed by atoms with E-state index in [4.69, 9.17) is 0 Å². The average molecular weight is 415 g/mol. The lowest BCUT2D eigenvalue weighted by atomic mass is 10.0. The zero-order chi connectivity index (χ0) is 20.2. The Morgan fingerprint density at radius 1 is 1.26 bits per heavy atom. The maximum absolute atomic E-state index is 12.8. The van der Waals surface area contributed by atoms with Gasteiger partial charge in [0.05, 0.1) is 14.2 Å². The fourth-order valence-electron chi connectivity index (χ4n) is 2.43. The van der Waals surface area contributed by atoms with Gasteiger partial charge in [0.2, 0.25) is 0 Å². The minimum absolute atomic E-state index is 0.0300. The van der Waals surface area contributed by atoms with Crippen molar-refractivity contribution in [2.75, 3.05) is 18.9 Å². The van der Waals surface area contributed by atoms with Gasteiger partial charge in [-0.05, 0) is 18.4 Å². The number of methoxy groups -OCH3 is 2. The van der Waals surface area contributed by atoms with Crippen LogP contribution in [0, 0.1) is 0 Å². The molecule has 2 aromatic rings. The number of ether oxygens (including phenoxy) is 2. The number of rotatable bonds is 8. The first-order valence-electron chi connectivity index (χ1n) is 8.12. The molecule has 0 aromatic carbocycles. The summed E-state index contributed by atoms with van der Waals surface area (Å²) in [5, 5.41) is 6.77. The van der Waals surface area contributed by atoms with Crippen molar-refractivity contribution in [2.24, 2.45) is 0 Å². The maximum atomic E-state index is 12.8. The van der Waals surface area contributed by atoms with E-state index in [1.807, 2.05) is 6.92 Å². The van der Waals surface area contributed by atoms with Gasteiger partial charge in [0.1, 0.15) is 14.6 Å². The summed E-state index contributed by atoms with van der Waals surface area (Å²) < 4.78 is 37.0. The lowest BCUT2D eigenvalue weighted by molar-refractivity contribution is 0.0596. The fourth-order valence-corrected chi connectivity index (χ4v) is 4.94. The summed E-state index contributed by atoms with van der Waals surface area (Å²) in [7, 11) is -1.89. The second-order valence-corrected chi connectivity index (χ2v) is 8.49. The van der Waals surface area contributed by atoms with Crippen molar-refractivity contribution in [3.8, 4) is 0 Å². The molecule has 2 rings (SSSR count). The third kappa shape index (κ3) is 4.66. The Bertz CT molecular complexity index is 932. The molecule has 0 aliphatic rings. The summed E-state index contributed by atoms with van der Waals surface area (Å²) in [6.07, 6.45) is 1.91. The van der Waals surface area contributed by atoms with Gasteiger partial charge in [0.15, 0.2) is 5.82 Å². The van der Waals surface area contributed by atoms with Crippen molar-refractivity contribution in [3.63, 3.8) is 0 Å². The molecule has 2 aromatic heterocycles. The van der Waals surface area contributed by atoms with E-state index in [9.17, 15) is 18.0 Å². The van der Waals surface area contributed by atoms with Crippen LogP contribution >= 0.6 is 11.3 Å². The lowest BCUT2D eigenvalue weighted by Gasteiger charge is -2.06. The molecule has 9 nitrogen and oxygen atoms in total. The van der Waals surface area contributed by atoms with Crippen molar-refractivity contribution < 1.29 is 27.5 Å². The van der Waals surface area contributed by atoms with E-state index in [2.05, 4.69) is 31.3 Å². The molecule has 1 unspecified atom stereocenters. The number of thiophene rings is 1. The van der Waals surface area contributed by atoms with Gasteiger partial charge in [-0.1, -0.05) is 20.3 Å². The third-order valence-corrected chi connectivity index (χ3v) is 6.44. The molecule has 0 saturated heterocycles. The van der Waals surface area contributed by atoms with E-state index >= 15 is 0 Å². The number of H-pyrrole nitrogens is 1. The number of anilines is 1. The Balaban J connectivity index is 2.37. The molecule has 2 N–H and O–H groups in total. The second kappa shape index (κ2) is 8.53. The van der Waals surface area contributed by atoms with Crippen molar-refractivity contribution in [2.45, 2.75) is 37.5 Å². The molecule has 0 bridgehead atoms. The monoisotopic (exact) mass is 415 g/mol. The fraction of sp³-hybridized carbons (Fsp3) is 0.438. The van der Waals surface area contributed by atoms with Gasteiger partial charge in [-0.25, -0.2) is 18.0 Å². The SMILES string of the molecule is CCCC(C)c1cc(NS(=O)(=O)c2cc(C(=O)OC)sc2C(=O)OC)n[nH]1. The van der Waals surface area contributed by atoms with E-state index in [1.165, 1.54) is 0 Å². The van der Waals surface area contributed by atoms with E-state index in [-0.39, 0.29) is 26.4 Å². The largest absolute Gasteiger partial charge is 0.465 e. The summed E-state index contributed by atoms with van der Waals surface area (Å²) in [5.74, 6) is -1.33. The summed E-state index contributed by atoms with van der Waals surface area (Å²) in [4.78, 5) is 23.0. The van der Waals surface area contributed by atoms with E-state index < -0.39 is 22.0 Å². The molecule has 0 aliphatic carbocycles. The topological polar surface area (TPSA) is 127 Å². The van der Waals surface area contributed by atoms with Crippen molar-refractivity contribution in [3.05, 3.63) is 27.6 Å². The number of carbonyl (C=O) groups excluding carboxylic acids is 2. The smallest absolute Gasteiger partial charge is 0.349 e. The van der Waals surface area contributed by atoms with Gasteiger partial charge in [-0.3, -0.25) is 9.82 Å². The van der Waals surface area contributed by atoms with Crippen LogP contribution in [0.25, 0.3) is 0 Å². The molecule has 0 aliphatic heterocycles. The molecule has 27 heavy (non-hydrogen) atoms. The first-order chi connectivity index (χ1) is 12.7. The number of carbonyl (C=O) groups is 2. The maximum Gasteiger partial charge on any atom is 0.349 e. The zero-order valence-electron chi connectivity index (χ0n) is 15.4. The molecule has 0 radical (unpaired) electrons. The number of hydrogen-bond acceptors (Lipinski definition) is 8. The van der Waals surface area contributed by atoms with Crippen LogP contribution in [-0.4, -0.2) is 44.8 Å². The Morgan fingerprint density at radius 3 is 2.52 bits per heavy atom. The minimum atomic E-state index is -4.18. The van der Waals surface area contributed by atoms with Crippen LogP contribution in [0.4, 0.5) is 5.82 Å².